The first-order chi connectivity index (χ1) is 4.72. The van der Waals surface area contributed by atoms with Crippen molar-refractivity contribution in [3.05, 3.63) is 0 Å². The monoisotopic (exact) mass is 181 g/mol. The molecule has 1 unspecified atom stereocenters. The third-order valence-electron chi connectivity index (χ3n) is 1.58. The van der Waals surface area contributed by atoms with E-state index in [0.717, 1.165) is 19.4 Å². The van der Waals surface area contributed by atoms with Crippen molar-refractivity contribution in [1.82, 2.24) is 5.32 Å². The van der Waals surface area contributed by atoms with E-state index < -0.39 is 5.97 Å². The average molecular weight is 182 g/mol. The molecule has 0 bridgehead atoms. The summed E-state index contributed by atoms with van der Waals surface area (Å²) in [5.74, 6) is -0.856. The zero-order valence-corrected chi connectivity index (χ0v) is 7.78. The van der Waals surface area contributed by atoms with Crippen molar-refractivity contribution in [2.75, 3.05) is 13.6 Å². The van der Waals surface area contributed by atoms with Crippen molar-refractivity contribution in [2.45, 2.75) is 19.8 Å². The molecule has 2 N–H and O–H groups in total. The normalized spacial score (nSPS) is 11.8. The van der Waals surface area contributed by atoms with Gasteiger partial charge >= 0.3 is 5.97 Å². The van der Waals surface area contributed by atoms with E-state index in [0.29, 0.717) is 0 Å². The summed E-state index contributed by atoms with van der Waals surface area (Å²) in [7, 11) is 1.83. The van der Waals surface area contributed by atoms with Gasteiger partial charge in [-0.2, -0.15) is 0 Å². The second-order valence-electron chi connectivity index (χ2n) is 2.34. The summed E-state index contributed by atoms with van der Waals surface area (Å²) in [6.07, 6.45) is 1.44. The van der Waals surface area contributed by atoms with E-state index in [2.05, 4.69) is 5.32 Å². The van der Waals surface area contributed by atoms with Crippen LogP contribution in [0.2, 0.25) is 0 Å². The minimum atomic E-state index is -0.683. The van der Waals surface area contributed by atoms with Crippen LogP contribution < -0.4 is 5.32 Å². The van der Waals surface area contributed by atoms with Crippen LogP contribution >= 0.6 is 12.4 Å². The van der Waals surface area contributed by atoms with Gasteiger partial charge in [-0.1, -0.05) is 6.92 Å². The molecule has 0 radical (unpaired) electrons. The molecule has 0 aromatic rings. The molecule has 11 heavy (non-hydrogen) atoms. The van der Waals surface area contributed by atoms with Crippen LogP contribution in [0.5, 0.6) is 0 Å². The molecule has 1 atom stereocenters. The summed E-state index contributed by atoms with van der Waals surface area (Å²) in [4.78, 5) is 10.4. The minimum Gasteiger partial charge on any atom is -0.481 e. The Kier molecular flexibility index (Phi) is 9.47. The Morgan fingerprint density at radius 3 is 2.45 bits per heavy atom. The van der Waals surface area contributed by atoms with Gasteiger partial charge in [-0.25, -0.2) is 0 Å². The molecular formula is C7H16ClNO2. The fraction of sp³-hybridized carbons (Fsp3) is 0.857. The molecule has 0 aromatic carbocycles. The molecule has 3 nitrogen and oxygen atoms in total. The lowest BCUT2D eigenvalue weighted by molar-refractivity contribution is -0.142. The molecule has 0 aromatic heterocycles. The molecule has 0 amide bonds. The summed E-state index contributed by atoms with van der Waals surface area (Å²) < 4.78 is 0. The average Bonchev–Trinajstić information content (AvgIpc) is 1.89. The largest absolute Gasteiger partial charge is 0.481 e. The van der Waals surface area contributed by atoms with Gasteiger partial charge in [0.25, 0.3) is 0 Å². The third-order valence-corrected chi connectivity index (χ3v) is 1.58. The van der Waals surface area contributed by atoms with Gasteiger partial charge < -0.3 is 10.4 Å². The van der Waals surface area contributed by atoms with Crippen molar-refractivity contribution in [3.8, 4) is 0 Å². The van der Waals surface area contributed by atoms with Crippen molar-refractivity contribution >= 4 is 18.4 Å². The van der Waals surface area contributed by atoms with Crippen LogP contribution in [0.4, 0.5) is 0 Å². The predicted molar refractivity (Wildman–Crippen MR) is 47.2 cm³/mol. The van der Waals surface area contributed by atoms with Crippen LogP contribution in [0, 0.1) is 5.92 Å². The lowest BCUT2D eigenvalue weighted by atomic mass is 10.0. The number of carboxylic acids is 1. The second-order valence-corrected chi connectivity index (χ2v) is 2.34. The molecule has 0 rings (SSSR count). The van der Waals surface area contributed by atoms with Crippen molar-refractivity contribution in [1.29, 1.82) is 0 Å². The highest BCUT2D eigenvalue weighted by molar-refractivity contribution is 5.85. The fourth-order valence-electron chi connectivity index (χ4n) is 0.821. The predicted octanol–water partition coefficient (Wildman–Crippen LogP) is 1.13. The molecule has 68 valence electrons. The summed E-state index contributed by atoms with van der Waals surface area (Å²) in [6.45, 7) is 2.68. The van der Waals surface area contributed by atoms with Crippen LogP contribution in [-0.2, 0) is 4.79 Å². The number of hydrogen-bond acceptors (Lipinski definition) is 2. The summed E-state index contributed by atoms with van der Waals surface area (Å²) >= 11 is 0. The van der Waals surface area contributed by atoms with E-state index in [4.69, 9.17) is 5.11 Å². The quantitative estimate of drug-likeness (QED) is 0.669. The SMILES string of the molecule is CCC(CCNC)C(=O)O.Cl. The Morgan fingerprint density at radius 2 is 2.18 bits per heavy atom. The minimum absolute atomic E-state index is 0. The first-order valence-corrected chi connectivity index (χ1v) is 3.59. The maximum absolute atomic E-state index is 10.4. The molecule has 4 heteroatoms. The molecule has 0 spiro atoms. The summed E-state index contributed by atoms with van der Waals surface area (Å²) in [6, 6.07) is 0. The first kappa shape index (κ1) is 13.3. The number of rotatable bonds is 5. The van der Waals surface area contributed by atoms with Crippen LogP contribution in [0.1, 0.15) is 19.8 Å². The first-order valence-electron chi connectivity index (χ1n) is 3.59. The van der Waals surface area contributed by atoms with Gasteiger partial charge in [-0.3, -0.25) is 4.79 Å². The Labute approximate surface area is 73.6 Å². The number of halogens is 1. The van der Waals surface area contributed by atoms with E-state index in [1.54, 1.807) is 0 Å². The van der Waals surface area contributed by atoms with E-state index in [1.807, 2.05) is 14.0 Å². The Hall–Kier alpha value is -0.280. The molecule has 0 aliphatic heterocycles. The molecule has 0 heterocycles. The smallest absolute Gasteiger partial charge is 0.306 e. The molecule has 0 fully saturated rings. The van der Waals surface area contributed by atoms with Crippen LogP contribution in [0.25, 0.3) is 0 Å². The highest BCUT2D eigenvalue weighted by Crippen LogP contribution is 2.06. The van der Waals surface area contributed by atoms with Gasteiger partial charge in [0.05, 0.1) is 5.92 Å². The summed E-state index contributed by atoms with van der Waals surface area (Å²) in [5.41, 5.74) is 0. The highest BCUT2D eigenvalue weighted by atomic mass is 35.5. The third kappa shape index (κ3) is 6.13. The van der Waals surface area contributed by atoms with Gasteiger partial charge in [0.1, 0.15) is 0 Å². The fourth-order valence-corrected chi connectivity index (χ4v) is 0.821. The number of nitrogens with one attached hydrogen (secondary N) is 1. The van der Waals surface area contributed by atoms with Crippen LogP contribution in [0.3, 0.4) is 0 Å². The van der Waals surface area contributed by atoms with Crippen molar-refractivity contribution < 1.29 is 9.90 Å². The number of carbonyl (C=O) groups is 1. The lowest BCUT2D eigenvalue weighted by Gasteiger charge is -2.07. The lowest BCUT2D eigenvalue weighted by Crippen LogP contribution is -2.19. The second kappa shape index (κ2) is 7.82. The molecule has 0 aliphatic carbocycles. The zero-order valence-electron chi connectivity index (χ0n) is 6.96. The Balaban J connectivity index is 0. The Morgan fingerprint density at radius 1 is 1.64 bits per heavy atom. The summed E-state index contributed by atoms with van der Waals surface area (Å²) in [5, 5.41) is 11.5. The molecular weight excluding hydrogens is 166 g/mol. The maximum atomic E-state index is 10.4. The molecule has 0 saturated heterocycles. The van der Waals surface area contributed by atoms with E-state index >= 15 is 0 Å². The number of hydrogen-bond donors (Lipinski definition) is 2. The van der Waals surface area contributed by atoms with Crippen LogP contribution in [-0.4, -0.2) is 24.7 Å². The van der Waals surface area contributed by atoms with Crippen LogP contribution in [0.15, 0.2) is 0 Å². The maximum Gasteiger partial charge on any atom is 0.306 e. The van der Waals surface area contributed by atoms with Gasteiger partial charge in [0.15, 0.2) is 0 Å². The van der Waals surface area contributed by atoms with Crippen molar-refractivity contribution in [2.24, 2.45) is 5.92 Å². The van der Waals surface area contributed by atoms with Gasteiger partial charge in [-0.15, -0.1) is 12.4 Å². The number of carboxylic acid groups (broad SMARTS) is 1. The van der Waals surface area contributed by atoms with Gasteiger partial charge in [-0.05, 0) is 26.4 Å². The molecule has 0 aliphatic rings. The van der Waals surface area contributed by atoms with Gasteiger partial charge in [0.2, 0.25) is 0 Å². The van der Waals surface area contributed by atoms with Gasteiger partial charge in [0, 0.05) is 0 Å². The molecule has 0 saturated carbocycles. The highest BCUT2D eigenvalue weighted by Gasteiger charge is 2.12. The topological polar surface area (TPSA) is 49.3 Å². The number of aliphatic carboxylic acids is 1. The Bertz CT molecular complexity index is 109. The van der Waals surface area contributed by atoms with E-state index in [1.165, 1.54) is 0 Å². The van der Waals surface area contributed by atoms with E-state index in [-0.39, 0.29) is 18.3 Å². The zero-order chi connectivity index (χ0) is 7.98. The van der Waals surface area contributed by atoms with E-state index in [9.17, 15) is 4.79 Å². The van der Waals surface area contributed by atoms with Crippen molar-refractivity contribution in [3.63, 3.8) is 0 Å². The standard InChI is InChI=1S/C7H15NO2.ClH/c1-3-6(7(9)10)4-5-8-2;/h6,8H,3-5H2,1-2H3,(H,9,10);1H.